The average Bonchev–Trinajstić information content (AvgIpc) is 2.04. The second-order valence-corrected chi connectivity index (χ2v) is 1.48. The molecule has 0 aliphatic carbocycles. The molecule has 5 heteroatoms. The molecule has 0 radical (unpaired) electrons. The Kier molecular flexibility index (Phi) is 10.2. The van der Waals surface area contributed by atoms with E-state index in [0.29, 0.717) is 0 Å². The quantitative estimate of drug-likeness (QED) is 0.517. The predicted octanol–water partition coefficient (Wildman–Crippen LogP) is -0.703. The Bertz CT molecular complexity index is 118. The molecule has 0 atom stereocenters. The van der Waals surface area contributed by atoms with Crippen molar-refractivity contribution in [2.45, 2.75) is 6.92 Å². The lowest BCUT2D eigenvalue weighted by atomic mass is 10.7. The van der Waals surface area contributed by atoms with E-state index in [0.717, 1.165) is 0 Å². The molecule has 0 rings (SSSR count). The van der Waals surface area contributed by atoms with Gasteiger partial charge in [0.1, 0.15) is 0 Å². The summed E-state index contributed by atoms with van der Waals surface area (Å²) in [6.07, 6.45) is 0. The molecular weight excluding hydrogens is 150 g/mol. The molecule has 0 unspecified atom stereocenters. The summed E-state index contributed by atoms with van der Waals surface area (Å²) in [4.78, 5) is 19.4. The highest BCUT2D eigenvalue weighted by Gasteiger charge is 1.87. The standard InChI is InChI=1S/C3H7NO2.C3H6O2/c1-6-3(5)2-4;1-3(4)5-2/h2,4H2,1H3;1-2H3. The lowest BCUT2D eigenvalue weighted by Crippen LogP contribution is -2.14. The van der Waals surface area contributed by atoms with E-state index in [1.165, 1.54) is 21.1 Å². The van der Waals surface area contributed by atoms with E-state index < -0.39 is 0 Å². The topological polar surface area (TPSA) is 78.6 Å². The Hall–Kier alpha value is -1.10. The molecule has 66 valence electrons. The number of hydrogen-bond donors (Lipinski definition) is 1. The van der Waals surface area contributed by atoms with Crippen LogP contribution in [-0.2, 0) is 19.1 Å². The number of rotatable bonds is 1. The Labute approximate surface area is 65.5 Å². The van der Waals surface area contributed by atoms with Gasteiger partial charge < -0.3 is 15.2 Å². The maximum absolute atomic E-state index is 9.83. The van der Waals surface area contributed by atoms with E-state index >= 15 is 0 Å². The van der Waals surface area contributed by atoms with Crippen LogP contribution < -0.4 is 5.73 Å². The van der Waals surface area contributed by atoms with Gasteiger partial charge >= 0.3 is 11.9 Å². The third kappa shape index (κ3) is 17.6. The summed E-state index contributed by atoms with van der Waals surface area (Å²) in [6.45, 7) is 1.33. The van der Waals surface area contributed by atoms with Crippen LogP contribution in [0.4, 0.5) is 0 Å². The molecule has 0 spiro atoms. The second-order valence-electron chi connectivity index (χ2n) is 1.48. The third-order valence-electron chi connectivity index (χ3n) is 0.682. The van der Waals surface area contributed by atoms with Gasteiger partial charge in [-0.15, -0.1) is 0 Å². The number of hydrogen-bond acceptors (Lipinski definition) is 5. The van der Waals surface area contributed by atoms with Crippen LogP contribution in [0, 0.1) is 0 Å². The van der Waals surface area contributed by atoms with Gasteiger partial charge in [0.05, 0.1) is 20.8 Å². The summed E-state index contributed by atoms with van der Waals surface area (Å²) in [5.41, 5.74) is 4.81. The van der Waals surface area contributed by atoms with Gasteiger partial charge in [-0.25, -0.2) is 0 Å². The number of methoxy groups -OCH3 is 2. The zero-order chi connectivity index (χ0) is 9.28. The highest BCUT2D eigenvalue weighted by molar-refractivity contribution is 5.71. The van der Waals surface area contributed by atoms with Gasteiger partial charge in [-0.1, -0.05) is 0 Å². The number of carbonyl (C=O) groups excluding carboxylic acids is 2. The number of ether oxygens (including phenoxy) is 2. The van der Waals surface area contributed by atoms with Crippen LogP contribution >= 0.6 is 0 Å². The van der Waals surface area contributed by atoms with Crippen molar-refractivity contribution in [3.05, 3.63) is 0 Å². The first-order valence-electron chi connectivity index (χ1n) is 2.89. The average molecular weight is 163 g/mol. The number of nitrogens with two attached hydrogens (primary N) is 1. The van der Waals surface area contributed by atoms with Crippen LogP contribution in [0.3, 0.4) is 0 Å². The van der Waals surface area contributed by atoms with Gasteiger partial charge in [-0.3, -0.25) is 9.59 Å². The maximum Gasteiger partial charge on any atom is 0.319 e. The molecular formula is C6H13NO4. The first-order chi connectivity index (χ1) is 5.08. The van der Waals surface area contributed by atoms with Crippen molar-refractivity contribution in [3.8, 4) is 0 Å². The van der Waals surface area contributed by atoms with Crippen molar-refractivity contribution >= 4 is 11.9 Å². The molecule has 0 aliphatic heterocycles. The SMILES string of the molecule is COC(=O)CN.COC(C)=O. The molecule has 0 bridgehead atoms. The van der Waals surface area contributed by atoms with E-state index in [1.807, 2.05) is 0 Å². The monoisotopic (exact) mass is 163 g/mol. The molecule has 11 heavy (non-hydrogen) atoms. The van der Waals surface area contributed by atoms with Gasteiger partial charge in [-0.2, -0.15) is 0 Å². The fourth-order valence-corrected chi connectivity index (χ4v) is 0.0833. The summed E-state index contributed by atoms with van der Waals surface area (Å²) in [6, 6.07) is 0. The summed E-state index contributed by atoms with van der Waals surface area (Å²) >= 11 is 0. The molecule has 0 aromatic heterocycles. The molecule has 0 amide bonds. The van der Waals surface area contributed by atoms with E-state index in [1.54, 1.807) is 0 Å². The number of carbonyl (C=O) groups is 2. The molecule has 0 aromatic carbocycles. The molecule has 0 saturated carbocycles. The number of esters is 2. The van der Waals surface area contributed by atoms with Crippen molar-refractivity contribution in [3.63, 3.8) is 0 Å². The van der Waals surface area contributed by atoms with Gasteiger partial charge in [0.15, 0.2) is 0 Å². The molecule has 0 fully saturated rings. The van der Waals surface area contributed by atoms with E-state index in [9.17, 15) is 9.59 Å². The minimum Gasteiger partial charge on any atom is -0.469 e. The third-order valence-corrected chi connectivity index (χ3v) is 0.682. The van der Waals surface area contributed by atoms with Gasteiger partial charge in [0.2, 0.25) is 0 Å². The van der Waals surface area contributed by atoms with Crippen LogP contribution in [0.15, 0.2) is 0 Å². The largest absolute Gasteiger partial charge is 0.469 e. The lowest BCUT2D eigenvalue weighted by Gasteiger charge is -1.87. The normalized spacial score (nSPS) is 7.27. The van der Waals surface area contributed by atoms with Crippen molar-refractivity contribution in [1.82, 2.24) is 0 Å². The highest BCUT2D eigenvalue weighted by Crippen LogP contribution is 1.61. The molecule has 0 heterocycles. The van der Waals surface area contributed by atoms with Gasteiger partial charge in [0.25, 0.3) is 0 Å². The summed E-state index contributed by atoms with van der Waals surface area (Å²) < 4.78 is 8.25. The molecule has 5 nitrogen and oxygen atoms in total. The molecule has 0 aliphatic rings. The Morgan fingerprint density at radius 1 is 1.27 bits per heavy atom. The Morgan fingerprint density at radius 3 is 1.64 bits per heavy atom. The Balaban J connectivity index is 0. The maximum atomic E-state index is 9.83. The first-order valence-corrected chi connectivity index (χ1v) is 2.89. The van der Waals surface area contributed by atoms with Gasteiger partial charge in [-0.05, 0) is 0 Å². The van der Waals surface area contributed by atoms with Crippen molar-refractivity contribution in [2.75, 3.05) is 20.8 Å². The van der Waals surface area contributed by atoms with Crippen LogP contribution in [0.5, 0.6) is 0 Å². The first kappa shape index (κ1) is 12.6. The zero-order valence-corrected chi connectivity index (χ0v) is 6.92. The summed E-state index contributed by atoms with van der Waals surface area (Å²) in [5.74, 6) is -0.625. The minimum atomic E-state index is -0.380. The van der Waals surface area contributed by atoms with Crippen molar-refractivity contribution in [1.29, 1.82) is 0 Å². The van der Waals surface area contributed by atoms with Crippen molar-refractivity contribution < 1.29 is 19.1 Å². The van der Waals surface area contributed by atoms with Crippen LogP contribution in [0.25, 0.3) is 0 Å². The fraction of sp³-hybridized carbons (Fsp3) is 0.667. The highest BCUT2D eigenvalue weighted by atomic mass is 16.5. The van der Waals surface area contributed by atoms with Gasteiger partial charge in [0, 0.05) is 6.92 Å². The van der Waals surface area contributed by atoms with Crippen LogP contribution in [0.2, 0.25) is 0 Å². The zero-order valence-electron chi connectivity index (χ0n) is 6.92. The Morgan fingerprint density at radius 2 is 1.64 bits per heavy atom. The predicted molar refractivity (Wildman–Crippen MR) is 38.8 cm³/mol. The van der Waals surface area contributed by atoms with Crippen LogP contribution in [0.1, 0.15) is 6.92 Å². The lowest BCUT2D eigenvalue weighted by molar-refractivity contribution is -0.139. The smallest absolute Gasteiger partial charge is 0.319 e. The van der Waals surface area contributed by atoms with E-state index in [4.69, 9.17) is 5.73 Å². The summed E-state index contributed by atoms with van der Waals surface area (Å²) in [7, 11) is 2.65. The molecule has 2 N–H and O–H groups in total. The molecule has 0 saturated heterocycles. The fourth-order valence-electron chi connectivity index (χ4n) is 0.0833. The van der Waals surface area contributed by atoms with E-state index in [-0.39, 0.29) is 18.5 Å². The minimum absolute atomic E-state index is 0.0312. The van der Waals surface area contributed by atoms with E-state index in [2.05, 4.69) is 9.47 Å². The molecule has 0 aromatic rings. The second kappa shape index (κ2) is 8.90. The van der Waals surface area contributed by atoms with Crippen molar-refractivity contribution in [2.24, 2.45) is 5.73 Å². The summed E-state index contributed by atoms with van der Waals surface area (Å²) in [5, 5.41) is 0. The van der Waals surface area contributed by atoms with Crippen LogP contribution in [-0.4, -0.2) is 32.7 Å².